The summed E-state index contributed by atoms with van der Waals surface area (Å²) in [7, 11) is 2.85. The summed E-state index contributed by atoms with van der Waals surface area (Å²) in [5, 5.41) is 10.8. The Bertz CT molecular complexity index is 729. The lowest BCUT2D eigenvalue weighted by molar-refractivity contribution is -0.143. The van der Waals surface area contributed by atoms with E-state index in [1.807, 2.05) is 0 Å². The second kappa shape index (κ2) is 10.2. The summed E-state index contributed by atoms with van der Waals surface area (Å²) >= 11 is 0. The predicted molar refractivity (Wildman–Crippen MR) is 104 cm³/mol. The van der Waals surface area contributed by atoms with Crippen molar-refractivity contribution in [2.75, 3.05) is 24.8 Å². The number of benzene rings is 1. The van der Waals surface area contributed by atoms with Gasteiger partial charge in [-0.15, -0.1) is 4.91 Å². The number of carbonyl (C=O) groups is 3. The fourth-order valence-corrected chi connectivity index (χ4v) is 2.24. The normalized spacial score (nSPS) is 11.8. The average molecular weight is 394 g/mol. The minimum absolute atomic E-state index is 0.00173. The first-order chi connectivity index (χ1) is 13.1. The first-order valence-corrected chi connectivity index (χ1v) is 8.62. The van der Waals surface area contributed by atoms with E-state index in [1.54, 1.807) is 33.9 Å². The van der Waals surface area contributed by atoms with Crippen molar-refractivity contribution < 1.29 is 23.9 Å². The van der Waals surface area contributed by atoms with Gasteiger partial charge in [-0.25, -0.2) is 9.59 Å². The molecule has 0 heterocycles. The van der Waals surface area contributed by atoms with Gasteiger partial charge in [0.2, 0.25) is 5.91 Å². The summed E-state index contributed by atoms with van der Waals surface area (Å²) in [6, 6.07) is 3.49. The Morgan fingerprint density at radius 3 is 2.39 bits per heavy atom. The minimum atomic E-state index is -1.04. The molecule has 28 heavy (non-hydrogen) atoms. The van der Waals surface area contributed by atoms with Gasteiger partial charge >= 0.3 is 12.1 Å². The number of ether oxygens (including phenoxy) is 2. The van der Waals surface area contributed by atoms with E-state index in [0.717, 1.165) is 0 Å². The molecule has 0 aromatic heterocycles. The summed E-state index contributed by atoms with van der Waals surface area (Å²) in [5.74, 6) is -1.11. The molecule has 0 spiro atoms. The molecule has 2 amide bonds. The van der Waals surface area contributed by atoms with Crippen LogP contribution >= 0.6 is 0 Å². The van der Waals surface area contributed by atoms with E-state index in [4.69, 9.17) is 4.74 Å². The molecule has 1 aromatic rings. The van der Waals surface area contributed by atoms with Crippen molar-refractivity contribution in [3.05, 3.63) is 23.1 Å². The first-order valence-electron chi connectivity index (χ1n) is 8.62. The Morgan fingerprint density at radius 2 is 1.86 bits per heavy atom. The average Bonchev–Trinajstić information content (AvgIpc) is 2.62. The highest BCUT2D eigenvalue weighted by molar-refractivity contribution is 5.95. The zero-order valence-corrected chi connectivity index (χ0v) is 16.6. The van der Waals surface area contributed by atoms with E-state index < -0.39 is 29.6 Å². The fraction of sp³-hybridized carbons (Fsp3) is 0.500. The maximum Gasteiger partial charge on any atom is 0.408 e. The van der Waals surface area contributed by atoms with Crippen LogP contribution < -0.4 is 16.0 Å². The number of amides is 2. The molecule has 1 aromatic carbocycles. The fourth-order valence-electron chi connectivity index (χ4n) is 2.24. The van der Waals surface area contributed by atoms with Crippen molar-refractivity contribution in [2.45, 2.75) is 45.3 Å². The smallest absolute Gasteiger partial charge is 0.408 e. The molecule has 0 fully saturated rings. The van der Waals surface area contributed by atoms with Crippen LogP contribution in [-0.4, -0.2) is 43.8 Å². The van der Waals surface area contributed by atoms with E-state index in [1.165, 1.54) is 19.2 Å². The van der Waals surface area contributed by atoms with E-state index in [2.05, 4.69) is 25.9 Å². The molecule has 0 aliphatic rings. The molecule has 0 bridgehead atoms. The lowest BCUT2D eigenvalue weighted by Gasteiger charge is -2.22. The van der Waals surface area contributed by atoms with Crippen LogP contribution in [0.2, 0.25) is 0 Å². The molecule has 1 rings (SSSR count). The van der Waals surface area contributed by atoms with Crippen molar-refractivity contribution in [1.82, 2.24) is 5.32 Å². The van der Waals surface area contributed by atoms with Crippen molar-refractivity contribution in [2.24, 2.45) is 5.18 Å². The number of hydrogen-bond acceptors (Lipinski definition) is 8. The number of nitroso groups, excluding NO2 is 1. The van der Waals surface area contributed by atoms with Gasteiger partial charge in [0.05, 0.1) is 18.5 Å². The summed E-state index contributed by atoms with van der Waals surface area (Å²) in [5.41, 5.74) is 0.397. The number of methoxy groups -OCH3 is 1. The monoisotopic (exact) mass is 394 g/mol. The van der Waals surface area contributed by atoms with Crippen LogP contribution in [-0.2, 0) is 19.1 Å². The van der Waals surface area contributed by atoms with Crippen LogP contribution in [0.15, 0.2) is 23.4 Å². The quantitative estimate of drug-likeness (QED) is 0.456. The third-order valence-corrected chi connectivity index (χ3v) is 3.49. The Kier molecular flexibility index (Phi) is 8.36. The Labute approximate surface area is 163 Å². The lowest BCUT2D eigenvalue weighted by atomic mass is 10.1. The summed E-state index contributed by atoms with van der Waals surface area (Å²) < 4.78 is 9.78. The van der Waals surface area contributed by atoms with Crippen LogP contribution in [0.5, 0.6) is 0 Å². The predicted octanol–water partition coefficient (Wildman–Crippen LogP) is 2.91. The topological polar surface area (TPSA) is 135 Å². The summed E-state index contributed by atoms with van der Waals surface area (Å²) in [4.78, 5) is 46.7. The van der Waals surface area contributed by atoms with Crippen LogP contribution in [0, 0.1) is 4.91 Å². The number of nitrogens with one attached hydrogen (secondary N) is 3. The number of carbonyl (C=O) groups excluding carboxylic acids is 3. The number of alkyl carbamates (subject to hydrolysis) is 1. The van der Waals surface area contributed by atoms with Crippen LogP contribution in [0.1, 0.15) is 33.6 Å². The van der Waals surface area contributed by atoms with Gasteiger partial charge in [-0.05, 0) is 50.6 Å². The second-order valence-electron chi connectivity index (χ2n) is 6.88. The molecule has 1 atom stereocenters. The number of hydrogen-bond donors (Lipinski definition) is 3. The van der Waals surface area contributed by atoms with E-state index >= 15 is 0 Å². The molecular formula is C18H26N4O6. The van der Waals surface area contributed by atoms with Gasteiger partial charge in [0.15, 0.2) is 0 Å². The first kappa shape index (κ1) is 22.9. The molecule has 0 saturated carbocycles. The summed E-state index contributed by atoms with van der Waals surface area (Å²) in [6.45, 7) is 5.07. The molecule has 0 unspecified atom stereocenters. The van der Waals surface area contributed by atoms with Crippen molar-refractivity contribution in [3.63, 3.8) is 0 Å². The molecule has 0 aliphatic heterocycles. The van der Waals surface area contributed by atoms with Gasteiger partial charge in [-0.3, -0.25) is 4.79 Å². The molecular weight excluding hydrogens is 368 g/mol. The maximum atomic E-state index is 12.3. The third kappa shape index (κ3) is 7.60. The zero-order valence-electron chi connectivity index (χ0n) is 16.6. The number of esters is 1. The van der Waals surface area contributed by atoms with Gasteiger partial charge in [0, 0.05) is 13.5 Å². The SMILES string of the molecule is CNc1ccc(N=O)cc1NC(=O)CC[C@H](NC(=O)OC(C)(C)C)C(=O)OC. The number of nitrogens with zero attached hydrogens (tertiary/aromatic N) is 1. The van der Waals surface area contributed by atoms with E-state index in [9.17, 15) is 19.3 Å². The highest BCUT2D eigenvalue weighted by Gasteiger charge is 2.25. The Hall–Kier alpha value is -3.17. The van der Waals surface area contributed by atoms with Gasteiger partial charge in [-0.1, -0.05) is 0 Å². The Morgan fingerprint density at radius 1 is 1.18 bits per heavy atom. The molecule has 10 heteroatoms. The lowest BCUT2D eigenvalue weighted by Crippen LogP contribution is -2.44. The number of anilines is 2. The summed E-state index contributed by atoms with van der Waals surface area (Å²) in [6.07, 6.45) is -0.874. The zero-order chi connectivity index (χ0) is 21.3. The van der Waals surface area contributed by atoms with Crippen LogP contribution in [0.4, 0.5) is 21.9 Å². The molecule has 10 nitrogen and oxygen atoms in total. The molecule has 0 saturated heterocycles. The molecule has 0 aliphatic carbocycles. The van der Waals surface area contributed by atoms with Crippen LogP contribution in [0.25, 0.3) is 0 Å². The van der Waals surface area contributed by atoms with Gasteiger partial charge in [0.1, 0.15) is 17.3 Å². The van der Waals surface area contributed by atoms with Gasteiger partial charge < -0.3 is 25.4 Å². The molecule has 0 radical (unpaired) electrons. The van der Waals surface area contributed by atoms with Gasteiger partial charge in [-0.2, -0.15) is 0 Å². The molecule has 3 N–H and O–H groups in total. The second-order valence-corrected chi connectivity index (χ2v) is 6.88. The van der Waals surface area contributed by atoms with Crippen LogP contribution in [0.3, 0.4) is 0 Å². The minimum Gasteiger partial charge on any atom is -0.467 e. The number of rotatable bonds is 8. The van der Waals surface area contributed by atoms with E-state index in [-0.39, 0.29) is 18.5 Å². The van der Waals surface area contributed by atoms with Crippen molar-refractivity contribution in [3.8, 4) is 0 Å². The van der Waals surface area contributed by atoms with Crippen molar-refractivity contribution in [1.29, 1.82) is 0 Å². The highest BCUT2D eigenvalue weighted by Crippen LogP contribution is 2.27. The van der Waals surface area contributed by atoms with Crippen molar-refractivity contribution >= 4 is 35.0 Å². The standard InChI is InChI=1S/C18H26N4O6/c1-18(2,3)28-17(25)21-13(16(24)27-5)8-9-15(23)20-14-10-11(22-26)6-7-12(14)19-4/h6-7,10,13,19H,8-9H2,1-5H3,(H,20,23)(H,21,25)/t13-/m0/s1. The van der Waals surface area contributed by atoms with Gasteiger partial charge in [0.25, 0.3) is 0 Å². The Balaban J connectivity index is 2.74. The molecule has 154 valence electrons. The maximum absolute atomic E-state index is 12.3. The largest absolute Gasteiger partial charge is 0.467 e. The third-order valence-electron chi connectivity index (χ3n) is 3.49. The van der Waals surface area contributed by atoms with E-state index in [0.29, 0.717) is 11.4 Å². The highest BCUT2D eigenvalue weighted by atomic mass is 16.6.